The molecule has 0 aliphatic rings. The summed E-state index contributed by atoms with van der Waals surface area (Å²) in [4.78, 5) is 2.52. The van der Waals surface area contributed by atoms with Crippen LogP contribution in [-0.4, -0.2) is 46.5 Å². The van der Waals surface area contributed by atoms with Gasteiger partial charge >= 0.3 is 0 Å². The highest BCUT2D eigenvalue weighted by atomic mass is 32.2. The van der Waals surface area contributed by atoms with Crippen molar-refractivity contribution in [2.75, 3.05) is 32.5 Å². The van der Waals surface area contributed by atoms with Gasteiger partial charge in [-0.1, -0.05) is 0 Å². The first kappa shape index (κ1) is 15.9. The zero-order chi connectivity index (χ0) is 14.5. The Morgan fingerprint density at radius 3 is 2.26 bits per heavy atom. The van der Waals surface area contributed by atoms with Gasteiger partial charge in [-0.3, -0.25) is 0 Å². The number of hydrogen-bond donors (Lipinski definition) is 2. The van der Waals surface area contributed by atoms with Crippen molar-refractivity contribution in [1.82, 2.24) is 9.62 Å². The largest absolute Gasteiger partial charge is 0.384 e. The van der Waals surface area contributed by atoms with Crippen molar-refractivity contribution >= 4 is 15.7 Å². The van der Waals surface area contributed by atoms with Gasteiger partial charge in [0.05, 0.1) is 4.90 Å². The van der Waals surface area contributed by atoms with Gasteiger partial charge in [-0.25, -0.2) is 13.1 Å². The van der Waals surface area contributed by atoms with E-state index in [-0.39, 0.29) is 4.90 Å². The van der Waals surface area contributed by atoms with Crippen LogP contribution in [0.1, 0.15) is 13.8 Å². The van der Waals surface area contributed by atoms with Crippen LogP contribution in [0.3, 0.4) is 0 Å². The van der Waals surface area contributed by atoms with Gasteiger partial charge in [0.15, 0.2) is 0 Å². The molecule has 0 spiro atoms. The van der Waals surface area contributed by atoms with E-state index >= 15 is 0 Å². The number of nitrogens with zero attached hydrogens (tertiary/aromatic N) is 1. The third-order valence-electron chi connectivity index (χ3n) is 3.11. The Balaban J connectivity index is 2.54. The van der Waals surface area contributed by atoms with Crippen LogP contribution < -0.4 is 10.0 Å². The number of hydrogen-bond acceptors (Lipinski definition) is 4. The summed E-state index contributed by atoms with van der Waals surface area (Å²) in [5.41, 5.74) is 0.923. The molecule has 1 aromatic rings. The average Bonchev–Trinajstić information content (AvgIpc) is 2.39. The number of benzene rings is 1. The third-order valence-corrected chi connectivity index (χ3v) is 4.54. The van der Waals surface area contributed by atoms with E-state index in [1.807, 2.05) is 0 Å². The fourth-order valence-electron chi connectivity index (χ4n) is 1.50. The van der Waals surface area contributed by atoms with Crippen molar-refractivity contribution in [3.05, 3.63) is 24.3 Å². The van der Waals surface area contributed by atoms with Gasteiger partial charge < -0.3 is 10.2 Å². The SMILES string of the molecule is CNS(=O)(=O)c1ccc(NCCN(C)C(C)C)cc1. The molecule has 1 aromatic carbocycles. The molecule has 0 fully saturated rings. The molecular weight excluding hydrogens is 262 g/mol. The lowest BCUT2D eigenvalue weighted by Crippen LogP contribution is -2.31. The molecule has 1 rings (SSSR count). The van der Waals surface area contributed by atoms with Crippen LogP contribution >= 0.6 is 0 Å². The average molecular weight is 285 g/mol. The summed E-state index contributed by atoms with van der Waals surface area (Å²) in [7, 11) is 0.138. The second-order valence-corrected chi connectivity index (χ2v) is 6.62. The van der Waals surface area contributed by atoms with Crippen molar-refractivity contribution in [3.8, 4) is 0 Å². The Hall–Kier alpha value is -1.11. The zero-order valence-corrected chi connectivity index (χ0v) is 12.8. The molecule has 0 atom stereocenters. The topological polar surface area (TPSA) is 61.4 Å². The molecule has 0 saturated carbocycles. The minimum absolute atomic E-state index is 0.278. The Bertz CT molecular complexity index is 483. The smallest absolute Gasteiger partial charge is 0.240 e. The van der Waals surface area contributed by atoms with Crippen LogP contribution in [0.4, 0.5) is 5.69 Å². The maximum Gasteiger partial charge on any atom is 0.240 e. The highest BCUT2D eigenvalue weighted by Crippen LogP contribution is 2.13. The molecule has 0 unspecified atom stereocenters. The second kappa shape index (κ2) is 6.88. The van der Waals surface area contributed by atoms with Gasteiger partial charge in [0.25, 0.3) is 0 Å². The maximum atomic E-state index is 11.6. The number of likely N-dealkylation sites (N-methyl/N-ethyl adjacent to an activating group) is 1. The van der Waals surface area contributed by atoms with Crippen molar-refractivity contribution in [2.24, 2.45) is 0 Å². The third kappa shape index (κ3) is 4.81. The fraction of sp³-hybridized carbons (Fsp3) is 0.538. The van der Waals surface area contributed by atoms with Crippen LogP contribution in [0.25, 0.3) is 0 Å². The summed E-state index contributed by atoms with van der Waals surface area (Å²) >= 11 is 0. The van der Waals surface area contributed by atoms with Gasteiger partial charge in [0.2, 0.25) is 10.0 Å². The van der Waals surface area contributed by atoms with Crippen molar-refractivity contribution in [3.63, 3.8) is 0 Å². The number of sulfonamides is 1. The Labute approximate surface area is 116 Å². The molecule has 2 N–H and O–H groups in total. The maximum absolute atomic E-state index is 11.6. The zero-order valence-electron chi connectivity index (χ0n) is 12.0. The normalized spacial score (nSPS) is 12.1. The predicted octanol–water partition coefficient (Wildman–Crippen LogP) is 1.35. The minimum atomic E-state index is -3.35. The van der Waals surface area contributed by atoms with Crippen LogP contribution in [-0.2, 0) is 10.0 Å². The number of anilines is 1. The molecule has 108 valence electrons. The molecule has 0 aliphatic carbocycles. The molecule has 6 heteroatoms. The van der Waals surface area contributed by atoms with Gasteiger partial charge in [-0.05, 0) is 52.2 Å². The Morgan fingerprint density at radius 1 is 1.21 bits per heavy atom. The first-order chi connectivity index (χ1) is 8.86. The molecular formula is C13H23N3O2S. The van der Waals surface area contributed by atoms with Crippen LogP contribution in [0.15, 0.2) is 29.2 Å². The van der Waals surface area contributed by atoms with E-state index in [0.29, 0.717) is 6.04 Å². The molecule has 0 heterocycles. The summed E-state index contributed by atoms with van der Waals surface area (Å²) in [6.45, 7) is 6.07. The molecule has 0 amide bonds. The van der Waals surface area contributed by atoms with Gasteiger partial charge in [-0.2, -0.15) is 0 Å². The summed E-state index contributed by atoms with van der Waals surface area (Å²) in [5.74, 6) is 0. The second-order valence-electron chi connectivity index (χ2n) is 4.73. The number of nitrogens with one attached hydrogen (secondary N) is 2. The molecule has 5 nitrogen and oxygen atoms in total. The van der Waals surface area contributed by atoms with Gasteiger partial charge in [0, 0.05) is 24.8 Å². The predicted molar refractivity (Wildman–Crippen MR) is 78.9 cm³/mol. The van der Waals surface area contributed by atoms with E-state index in [4.69, 9.17) is 0 Å². The van der Waals surface area contributed by atoms with E-state index in [0.717, 1.165) is 18.8 Å². The van der Waals surface area contributed by atoms with Gasteiger partial charge in [0.1, 0.15) is 0 Å². The lowest BCUT2D eigenvalue weighted by atomic mass is 10.3. The highest BCUT2D eigenvalue weighted by molar-refractivity contribution is 7.89. The van der Waals surface area contributed by atoms with E-state index < -0.39 is 10.0 Å². The van der Waals surface area contributed by atoms with E-state index in [2.05, 4.69) is 35.8 Å². The molecule has 19 heavy (non-hydrogen) atoms. The first-order valence-electron chi connectivity index (χ1n) is 6.34. The van der Waals surface area contributed by atoms with Crippen molar-refractivity contribution in [1.29, 1.82) is 0 Å². The summed E-state index contributed by atoms with van der Waals surface area (Å²) < 4.78 is 25.4. The highest BCUT2D eigenvalue weighted by Gasteiger charge is 2.10. The van der Waals surface area contributed by atoms with E-state index in [9.17, 15) is 8.42 Å². The molecule has 0 radical (unpaired) electrons. The van der Waals surface area contributed by atoms with E-state index in [1.54, 1.807) is 24.3 Å². The van der Waals surface area contributed by atoms with Gasteiger partial charge in [-0.15, -0.1) is 0 Å². The molecule has 0 aromatic heterocycles. The van der Waals surface area contributed by atoms with Crippen LogP contribution in [0.2, 0.25) is 0 Å². The minimum Gasteiger partial charge on any atom is -0.384 e. The van der Waals surface area contributed by atoms with Crippen molar-refractivity contribution in [2.45, 2.75) is 24.8 Å². The summed E-state index contributed by atoms with van der Waals surface area (Å²) in [5, 5.41) is 3.27. The summed E-state index contributed by atoms with van der Waals surface area (Å²) in [6, 6.07) is 7.27. The first-order valence-corrected chi connectivity index (χ1v) is 7.83. The molecule has 0 aliphatic heterocycles. The van der Waals surface area contributed by atoms with E-state index in [1.165, 1.54) is 7.05 Å². The lowest BCUT2D eigenvalue weighted by Gasteiger charge is -2.21. The number of rotatable bonds is 7. The standard InChI is InChI=1S/C13H23N3O2S/c1-11(2)16(4)10-9-15-12-5-7-13(8-6-12)19(17,18)14-3/h5-8,11,14-15H,9-10H2,1-4H3. The quantitative estimate of drug-likeness (QED) is 0.794. The Morgan fingerprint density at radius 2 is 1.79 bits per heavy atom. The van der Waals surface area contributed by atoms with Crippen LogP contribution in [0, 0.1) is 0 Å². The lowest BCUT2D eigenvalue weighted by molar-refractivity contribution is 0.284. The molecule has 0 bridgehead atoms. The van der Waals surface area contributed by atoms with Crippen LogP contribution in [0.5, 0.6) is 0 Å². The monoisotopic (exact) mass is 285 g/mol. The van der Waals surface area contributed by atoms with Crippen molar-refractivity contribution < 1.29 is 8.42 Å². The summed E-state index contributed by atoms with van der Waals surface area (Å²) in [6.07, 6.45) is 0. The molecule has 0 saturated heterocycles. The Kier molecular flexibility index (Phi) is 5.78. The fourth-order valence-corrected chi connectivity index (χ4v) is 2.23.